The molecule has 0 unspecified atom stereocenters. The molecule has 7 heteroatoms. The van der Waals surface area contributed by atoms with E-state index in [0.717, 1.165) is 30.5 Å². The van der Waals surface area contributed by atoms with Gasteiger partial charge in [-0.3, -0.25) is 4.79 Å². The molecule has 0 radical (unpaired) electrons. The van der Waals surface area contributed by atoms with Crippen molar-refractivity contribution in [1.29, 1.82) is 0 Å². The SMILES string of the molecule is COCC(=O)N1CCN(c2cc(C)nc(NC3CCCCC3)n2)CC1. The Bertz CT molecular complexity index is 581. The van der Waals surface area contributed by atoms with Gasteiger partial charge in [-0.05, 0) is 19.8 Å². The van der Waals surface area contributed by atoms with Crippen LogP contribution in [0.1, 0.15) is 37.8 Å². The van der Waals surface area contributed by atoms with Gasteiger partial charge >= 0.3 is 0 Å². The van der Waals surface area contributed by atoms with Crippen molar-refractivity contribution in [2.45, 2.75) is 45.1 Å². The maximum Gasteiger partial charge on any atom is 0.248 e. The highest BCUT2D eigenvalue weighted by Crippen LogP contribution is 2.22. The van der Waals surface area contributed by atoms with Gasteiger partial charge in [-0.25, -0.2) is 4.98 Å². The molecule has 1 saturated carbocycles. The molecule has 1 amide bonds. The highest BCUT2D eigenvalue weighted by Gasteiger charge is 2.22. The lowest BCUT2D eigenvalue weighted by atomic mass is 9.96. The molecular weight excluding hydrogens is 318 g/mol. The monoisotopic (exact) mass is 347 g/mol. The minimum absolute atomic E-state index is 0.0562. The maximum absolute atomic E-state index is 11.9. The van der Waals surface area contributed by atoms with E-state index in [0.29, 0.717) is 19.1 Å². The van der Waals surface area contributed by atoms with Gasteiger partial charge in [0.05, 0.1) is 0 Å². The zero-order chi connectivity index (χ0) is 17.6. The Morgan fingerprint density at radius 3 is 2.60 bits per heavy atom. The van der Waals surface area contributed by atoms with Crippen LogP contribution >= 0.6 is 0 Å². The van der Waals surface area contributed by atoms with Crippen LogP contribution in [0.15, 0.2) is 6.07 Å². The summed E-state index contributed by atoms with van der Waals surface area (Å²) in [6.45, 7) is 5.15. The Labute approximate surface area is 149 Å². The van der Waals surface area contributed by atoms with Crippen LogP contribution in [0.25, 0.3) is 0 Å². The number of nitrogens with zero attached hydrogens (tertiary/aromatic N) is 4. The van der Waals surface area contributed by atoms with Crippen LogP contribution in [0.4, 0.5) is 11.8 Å². The van der Waals surface area contributed by atoms with Gasteiger partial charge < -0.3 is 19.9 Å². The largest absolute Gasteiger partial charge is 0.375 e. The number of carbonyl (C=O) groups is 1. The Kier molecular flexibility index (Phi) is 6.07. The average Bonchev–Trinajstić information content (AvgIpc) is 2.62. The molecule has 0 aromatic carbocycles. The van der Waals surface area contributed by atoms with E-state index in [4.69, 9.17) is 9.72 Å². The van der Waals surface area contributed by atoms with Crippen molar-refractivity contribution >= 4 is 17.7 Å². The lowest BCUT2D eigenvalue weighted by molar-refractivity contribution is -0.135. The fraction of sp³-hybridized carbons (Fsp3) is 0.722. The first-order valence-electron chi connectivity index (χ1n) is 9.29. The summed E-state index contributed by atoms with van der Waals surface area (Å²) in [5, 5.41) is 3.51. The third kappa shape index (κ3) is 4.81. The summed E-state index contributed by atoms with van der Waals surface area (Å²) in [6.07, 6.45) is 6.31. The standard InChI is InChI=1S/C18H29N5O2/c1-14-12-16(21-18(19-14)20-15-6-4-3-5-7-15)22-8-10-23(11-9-22)17(24)13-25-2/h12,15H,3-11,13H2,1-2H3,(H,19,20,21). The van der Waals surface area contributed by atoms with Crippen LogP contribution in [0.5, 0.6) is 0 Å². The first-order chi connectivity index (χ1) is 12.2. The van der Waals surface area contributed by atoms with Crippen LogP contribution < -0.4 is 10.2 Å². The van der Waals surface area contributed by atoms with Gasteiger partial charge in [0, 0.05) is 51.1 Å². The number of carbonyl (C=O) groups excluding carboxylic acids is 1. The molecule has 1 aliphatic heterocycles. The van der Waals surface area contributed by atoms with Gasteiger partial charge in [-0.2, -0.15) is 4.98 Å². The first-order valence-corrected chi connectivity index (χ1v) is 9.29. The van der Waals surface area contributed by atoms with Crippen LogP contribution in [0.2, 0.25) is 0 Å². The Hall–Kier alpha value is -1.89. The van der Waals surface area contributed by atoms with Gasteiger partial charge in [0.15, 0.2) is 0 Å². The van der Waals surface area contributed by atoms with Crippen molar-refractivity contribution in [3.63, 3.8) is 0 Å². The van der Waals surface area contributed by atoms with Crippen molar-refractivity contribution in [2.75, 3.05) is 50.1 Å². The second-order valence-electron chi connectivity index (χ2n) is 6.97. The topological polar surface area (TPSA) is 70.6 Å². The third-order valence-corrected chi connectivity index (χ3v) is 5.00. The summed E-state index contributed by atoms with van der Waals surface area (Å²) < 4.78 is 4.94. The van der Waals surface area contributed by atoms with E-state index in [1.807, 2.05) is 17.9 Å². The van der Waals surface area contributed by atoms with Crippen molar-refractivity contribution < 1.29 is 9.53 Å². The first kappa shape index (κ1) is 17.9. The molecule has 1 aromatic heterocycles. The fourth-order valence-corrected chi connectivity index (χ4v) is 3.61. The second-order valence-corrected chi connectivity index (χ2v) is 6.97. The number of aryl methyl sites for hydroxylation is 1. The molecule has 1 aromatic rings. The molecule has 1 saturated heterocycles. The molecular formula is C18H29N5O2. The van der Waals surface area contributed by atoms with E-state index in [1.54, 1.807) is 7.11 Å². The molecule has 0 atom stereocenters. The Morgan fingerprint density at radius 1 is 1.20 bits per heavy atom. The number of methoxy groups -OCH3 is 1. The van der Waals surface area contributed by atoms with E-state index in [2.05, 4.69) is 15.2 Å². The molecule has 2 heterocycles. The van der Waals surface area contributed by atoms with E-state index in [-0.39, 0.29) is 12.5 Å². The highest BCUT2D eigenvalue weighted by atomic mass is 16.5. The molecule has 1 aliphatic carbocycles. The number of anilines is 2. The van der Waals surface area contributed by atoms with Gasteiger partial charge in [0.25, 0.3) is 0 Å². The second kappa shape index (κ2) is 8.47. The van der Waals surface area contributed by atoms with E-state index in [1.165, 1.54) is 32.1 Å². The lowest BCUT2D eigenvalue weighted by Gasteiger charge is -2.35. The number of hydrogen-bond acceptors (Lipinski definition) is 6. The molecule has 0 spiro atoms. The van der Waals surface area contributed by atoms with Gasteiger partial charge in [-0.15, -0.1) is 0 Å². The summed E-state index contributed by atoms with van der Waals surface area (Å²) in [4.78, 5) is 25.3. The normalized spacial score (nSPS) is 19.1. The predicted octanol–water partition coefficient (Wildman–Crippen LogP) is 1.82. The maximum atomic E-state index is 11.9. The number of aromatic nitrogens is 2. The number of hydrogen-bond donors (Lipinski definition) is 1. The van der Waals surface area contributed by atoms with Gasteiger partial charge in [0.2, 0.25) is 11.9 Å². The third-order valence-electron chi connectivity index (χ3n) is 5.00. The smallest absolute Gasteiger partial charge is 0.248 e. The number of piperazine rings is 1. The molecule has 7 nitrogen and oxygen atoms in total. The summed E-state index contributed by atoms with van der Waals surface area (Å²) >= 11 is 0. The molecule has 2 aliphatic rings. The Morgan fingerprint density at radius 2 is 1.92 bits per heavy atom. The van der Waals surface area contributed by atoms with Crippen LogP contribution in [-0.4, -0.2) is 66.7 Å². The lowest BCUT2D eigenvalue weighted by Crippen LogP contribution is -2.50. The van der Waals surface area contributed by atoms with Crippen molar-refractivity contribution in [3.05, 3.63) is 11.8 Å². The van der Waals surface area contributed by atoms with Crippen LogP contribution in [0.3, 0.4) is 0 Å². The van der Waals surface area contributed by atoms with Crippen molar-refractivity contribution in [3.8, 4) is 0 Å². The summed E-state index contributed by atoms with van der Waals surface area (Å²) in [5.41, 5.74) is 0.973. The summed E-state index contributed by atoms with van der Waals surface area (Å²) in [6, 6.07) is 2.52. The minimum Gasteiger partial charge on any atom is -0.375 e. The summed E-state index contributed by atoms with van der Waals surface area (Å²) in [7, 11) is 1.55. The zero-order valence-electron chi connectivity index (χ0n) is 15.3. The molecule has 25 heavy (non-hydrogen) atoms. The van der Waals surface area contributed by atoms with Gasteiger partial charge in [-0.1, -0.05) is 19.3 Å². The number of nitrogens with one attached hydrogen (secondary N) is 1. The van der Waals surface area contributed by atoms with Crippen molar-refractivity contribution in [2.24, 2.45) is 0 Å². The average molecular weight is 347 g/mol. The van der Waals surface area contributed by atoms with E-state index < -0.39 is 0 Å². The summed E-state index contributed by atoms with van der Waals surface area (Å²) in [5.74, 6) is 1.74. The number of rotatable bonds is 5. The van der Waals surface area contributed by atoms with Crippen LogP contribution in [-0.2, 0) is 9.53 Å². The number of amides is 1. The van der Waals surface area contributed by atoms with Gasteiger partial charge in [0.1, 0.15) is 12.4 Å². The highest BCUT2D eigenvalue weighted by molar-refractivity contribution is 5.77. The quantitative estimate of drug-likeness (QED) is 0.876. The Balaban J connectivity index is 1.61. The molecule has 1 N–H and O–H groups in total. The molecule has 3 rings (SSSR count). The number of ether oxygens (including phenoxy) is 1. The zero-order valence-corrected chi connectivity index (χ0v) is 15.3. The minimum atomic E-state index is 0.0562. The predicted molar refractivity (Wildman–Crippen MR) is 97.9 cm³/mol. The molecule has 2 fully saturated rings. The van der Waals surface area contributed by atoms with E-state index in [9.17, 15) is 4.79 Å². The molecule has 0 bridgehead atoms. The van der Waals surface area contributed by atoms with Crippen molar-refractivity contribution in [1.82, 2.24) is 14.9 Å². The molecule has 138 valence electrons. The van der Waals surface area contributed by atoms with E-state index >= 15 is 0 Å². The van der Waals surface area contributed by atoms with Crippen LogP contribution in [0, 0.1) is 6.92 Å². The fourth-order valence-electron chi connectivity index (χ4n) is 3.61.